The Morgan fingerprint density at radius 3 is 2.43 bits per heavy atom. The van der Waals surface area contributed by atoms with Crippen LogP contribution in [0.2, 0.25) is 0 Å². The average molecular weight is 333 g/mol. The van der Waals surface area contributed by atoms with Crippen molar-refractivity contribution in [3.8, 4) is 0 Å². The number of hydrogen-bond donors (Lipinski definition) is 1. The van der Waals surface area contributed by atoms with E-state index in [2.05, 4.69) is 0 Å². The van der Waals surface area contributed by atoms with Gasteiger partial charge in [-0.3, -0.25) is 4.79 Å². The fraction of sp³-hybridized carbons (Fsp3) is 0.278. The maximum absolute atomic E-state index is 12.7. The van der Waals surface area contributed by atoms with Crippen LogP contribution in [0.25, 0.3) is 0 Å². The number of carbonyl (C=O) groups excluding carboxylic acids is 1. The number of nitrogens with zero attached hydrogens (tertiary/aromatic N) is 1. The molecule has 2 atom stereocenters. The van der Waals surface area contributed by atoms with Gasteiger partial charge in [-0.05, 0) is 24.6 Å². The van der Waals surface area contributed by atoms with Crippen molar-refractivity contribution in [1.29, 1.82) is 0 Å². The lowest BCUT2D eigenvalue weighted by molar-refractivity contribution is -0.0691. The maximum Gasteiger partial charge on any atom is 0.256 e. The number of amides is 1. The predicted octanol–water partition coefficient (Wildman–Crippen LogP) is 3.29. The maximum atomic E-state index is 12.7. The first-order valence-electron chi connectivity index (χ1n) is 7.49. The summed E-state index contributed by atoms with van der Waals surface area (Å²) in [5.41, 5.74) is 8.10. The summed E-state index contributed by atoms with van der Waals surface area (Å²) in [4.78, 5) is 14.6. The summed E-state index contributed by atoms with van der Waals surface area (Å²) in [5.74, 6) is -0.0332. The minimum Gasteiger partial charge on any atom is -0.398 e. The second kappa shape index (κ2) is 7.49. The molecule has 2 N–H and O–H groups in total. The number of rotatable bonds is 2. The number of morpholine rings is 1. The van der Waals surface area contributed by atoms with Crippen molar-refractivity contribution in [2.45, 2.75) is 19.1 Å². The topological polar surface area (TPSA) is 55.6 Å². The summed E-state index contributed by atoms with van der Waals surface area (Å²) in [5, 5.41) is 0. The standard InChI is InChI=1S/C18H20N2O2.ClH/c1-13-11-20(18(21)15-9-5-6-10-16(15)19)12-17(22-13)14-7-3-2-4-8-14;/h2-10,13,17H,11-12,19H2,1H3;1H. The van der Waals surface area contributed by atoms with Crippen LogP contribution in [0, 0.1) is 0 Å². The molecule has 1 amide bonds. The molecule has 1 saturated heterocycles. The largest absolute Gasteiger partial charge is 0.398 e. The smallest absolute Gasteiger partial charge is 0.256 e. The molecular weight excluding hydrogens is 312 g/mol. The lowest BCUT2D eigenvalue weighted by Crippen LogP contribution is -2.46. The van der Waals surface area contributed by atoms with E-state index in [1.54, 1.807) is 12.1 Å². The van der Waals surface area contributed by atoms with Gasteiger partial charge in [0.2, 0.25) is 0 Å². The Bertz CT molecular complexity index is 663. The van der Waals surface area contributed by atoms with Crippen molar-refractivity contribution in [2.75, 3.05) is 18.8 Å². The number of carbonyl (C=O) groups is 1. The average Bonchev–Trinajstić information content (AvgIpc) is 2.55. The molecule has 23 heavy (non-hydrogen) atoms. The zero-order valence-corrected chi connectivity index (χ0v) is 13.8. The fourth-order valence-electron chi connectivity index (χ4n) is 2.83. The molecule has 4 nitrogen and oxygen atoms in total. The van der Waals surface area contributed by atoms with E-state index in [4.69, 9.17) is 10.5 Å². The normalized spacial score (nSPS) is 20.7. The Hall–Kier alpha value is -2.04. The van der Waals surface area contributed by atoms with Crippen molar-refractivity contribution in [1.82, 2.24) is 4.90 Å². The van der Waals surface area contributed by atoms with Gasteiger partial charge in [0.25, 0.3) is 5.91 Å². The number of para-hydroxylation sites is 1. The van der Waals surface area contributed by atoms with Crippen LogP contribution in [0.5, 0.6) is 0 Å². The molecule has 2 unspecified atom stereocenters. The second-order valence-corrected chi connectivity index (χ2v) is 5.64. The zero-order chi connectivity index (χ0) is 15.5. The molecule has 0 spiro atoms. The summed E-state index contributed by atoms with van der Waals surface area (Å²) >= 11 is 0. The van der Waals surface area contributed by atoms with Gasteiger partial charge in [0.05, 0.1) is 18.2 Å². The lowest BCUT2D eigenvalue weighted by Gasteiger charge is -2.37. The molecule has 122 valence electrons. The predicted molar refractivity (Wildman–Crippen MR) is 93.7 cm³/mol. The van der Waals surface area contributed by atoms with E-state index in [0.717, 1.165) is 5.56 Å². The second-order valence-electron chi connectivity index (χ2n) is 5.64. The summed E-state index contributed by atoms with van der Waals surface area (Å²) in [6.07, 6.45) is -0.105. The van der Waals surface area contributed by atoms with Crippen LogP contribution in [0.1, 0.15) is 28.9 Å². The number of ether oxygens (including phenoxy) is 1. The van der Waals surface area contributed by atoms with E-state index in [-0.39, 0.29) is 30.5 Å². The Balaban J connectivity index is 0.00000192. The molecule has 1 heterocycles. The van der Waals surface area contributed by atoms with Gasteiger partial charge in [0.1, 0.15) is 6.10 Å². The van der Waals surface area contributed by atoms with Crippen molar-refractivity contribution < 1.29 is 9.53 Å². The molecule has 2 aromatic rings. The highest BCUT2D eigenvalue weighted by Crippen LogP contribution is 2.26. The quantitative estimate of drug-likeness (QED) is 0.858. The Morgan fingerprint density at radius 1 is 1.09 bits per heavy atom. The van der Waals surface area contributed by atoms with Crippen LogP contribution >= 0.6 is 12.4 Å². The highest BCUT2D eigenvalue weighted by Gasteiger charge is 2.30. The fourth-order valence-corrected chi connectivity index (χ4v) is 2.83. The lowest BCUT2D eigenvalue weighted by atomic mass is 10.1. The van der Waals surface area contributed by atoms with Crippen LogP contribution < -0.4 is 5.73 Å². The van der Waals surface area contributed by atoms with Gasteiger partial charge in [-0.1, -0.05) is 42.5 Å². The van der Waals surface area contributed by atoms with Crippen molar-refractivity contribution in [3.05, 3.63) is 65.7 Å². The first kappa shape index (κ1) is 17.3. The third-order valence-electron chi connectivity index (χ3n) is 3.91. The number of nitrogens with two attached hydrogens (primary N) is 1. The first-order chi connectivity index (χ1) is 10.6. The monoisotopic (exact) mass is 332 g/mol. The van der Waals surface area contributed by atoms with Crippen LogP contribution in [-0.2, 0) is 4.74 Å². The molecular formula is C18H21ClN2O2. The Kier molecular flexibility index (Phi) is 5.64. The summed E-state index contributed by atoms with van der Waals surface area (Å²) < 4.78 is 5.99. The van der Waals surface area contributed by atoms with Crippen LogP contribution in [0.15, 0.2) is 54.6 Å². The van der Waals surface area contributed by atoms with Crippen molar-refractivity contribution in [2.24, 2.45) is 0 Å². The van der Waals surface area contributed by atoms with E-state index in [1.165, 1.54) is 0 Å². The van der Waals surface area contributed by atoms with Gasteiger partial charge in [-0.25, -0.2) is 0 Å². The molecule has 1 aliphatic heterocycles. The zero-order valence-electron chi connectivity index (χ0n) is 13.0. The van der Waals surface area contributed by atoms with E-state index < -0.39 is 0 Å². The Morgan fingerprint density at radius 2 is 1.74 bits per heavy atom. The van der Waals surface area contributed by atoms with Gasteiger partial charge < -0.3 is 15.4 Å². The SMILES string of the molecule is CC1CN(C(=O)c2ccccc2N)CC(c2ccccc2)O1.Cl. The van der Waals surface area contributed by atoms with E-state index in [1.807, 2.05) is 54.3 Å². The van der Waals surface area contributed by atoms with E-state index in [0.29, 0.717) is 24.3 Å². The van der Waals surface area contributed by atoms with Crippen LogP contribution in [-0.4, -0.2) is 30.0 Å². The molecule has 0 aromatic heterocycles. The summed E-state index contributed by atoms with van der Waals surface area (Å²) in [6, 6.07) is 17.2. The number of nitrogen functional groups attached to an aromatic ring is 1. The Labute approximate surface area is 142 Å². The number of anilines is 1. The van der Waals surface area contributed by atoms with E-state index in [9.17, 15) is 4.79 Å². The van der Waals surface area contributed by atoms with Crippen LogP contribution in [0.3, 0.4) is 0 Å². The molecule has 2 aromatic carbocycles. The van der Waals surface area contributed by atoms with Crippen molar-refractivity contribution in [3.63, 3.8) is 0 Å². The first-order valence-corrected chi connectivity index (χ1v) is 7.49. The molecule has 1 fully saturated rings. The molecule has 3 rings (SSSR count). The molecule has 1 aliphatic rings. The summed E-state index contributed by atoms with van der Waals surface area (Å²) in [6.45, 7) is 3.11. The molecule has 5 heteroatoms. The molecule has 0 saturated carbocycles. The van der Waals surface area contributed by atoms with Gasteiger partial charge in [0, 0.05) is 12.2 Å². The number of halogens is 1. The number of hydrogen-bond acceptors (Lipinski definition) is 3. The molecule has 0 radical (unpaired) electrons. The van der Waals surface area contributed by atoms with Crippen molar-refractivity contribution >= 4 is 24.0 Å². The highest BCUT2D eigenvalue weighted by molar-refractivity contribution is 5.99. The van der Waals surface area contributed by atoms with Gasteiger partial charge in [0.15, 0.2) is 0 Å². The van der Waals surface area contributed by atoms with Gasteiger partial charge in [-0.15, -0.1) is 12.4 Å². The molecule has 0 bridgehead atoms. The minimum atomic E-state index is -0.0983. The molecule has 0 aliphatic carbocycles. The highest BCUT2D eigenvalue weighted by atomic mass is 35.5. The van der Waals surface area contributed by atoms with E-state index >= 15 is 0 Å². The van der Waals surface area contributed by atoms with Gasteiger partial charge >= 0.3 is 0 Å². The third kappa shape index (κ3) is 3.84. The van der Waals surface area contributed by atoms with Gasteiger partial charge in [-0.2, -0.15) is 0 Å². The summed E-state index contributed by atoms with van der Waals surface area (Å²) in [7, 11) is 0. The third-order valence-corrected chi connectivity index (χ3v) is 3.91. The van der Waals surface area contributed by atoms with Crippen LogP contribution in [0.4, 0.5) is 5.69 Å². The number of benzene rings is 2. The minimum absolute atomic E-state index is 0.